The molecule has 0 saturated carbocycles. The van der Waals surface area contributed by atoms with Crippen LogP contribution in [0.25, 0.3) is 21.9 Å². The Balaban J connectivity index is 2.61. The maximum Gasteiger partial charge on any atom is 0.158 e. The van der Waals surface area contributed by atoms with Gasteiger partial charge in [-0.25, -0.2) is 0 Å². The lowest BCUT2D eigenvalue weighted by Crippen LogP contribution is -1.83. The van der Waals surface area contributed by atoms with E-state index >= 15 is 0 Å². The van der Waals surface area contributed by atoms with E-state index in [1.807, 2.05) is 24.3 Å². The van der Waals surface area contributed by atoms with Gasteiger partial charge in [-0.3, -0.25) is 0 Å². The van der Waals surface area contributed by atoms with Crippen molar-refractivity contribution in [1.82, 2.24) is 0 Å². The largest absolute Gasteiger partial charge is 0.508 e. The molecule has 3 N–H and O–H groups in total. The van der Waals surface area contributed by atoms with E-state index in [0.717, 1.165) is 16.4 Å². The number of benzene rings is 2. The summed E-state index contributed by atoms with van der Waals surface area (Å²) in [5, 5.41) is 11.3. The number of nitrogen functional groups attached to an aromatic ring is 1. The van der Waals surface area contributed by atoms with Gasteiger partial charge in [-0.1, -0.05) is 18.2 Å². The van der Waals surface area contributed by atoms with Crippen LogP contribution < -0.4 is 5.73 Å². The number of hydrogen-bond donors (Lipinski definition) is 2. The highest BCUT2D eigenvalue weighted by Gasteiger charge is 2.09. The van der Waals surface area contributed by atoms with Crippen LogP contribution in [0.5, 0.6) is 5.75 Å². The van der Waals surface area contributed by atoms with Crippen LogP contribution in [0.3, 0.4) is 0 Å². The lowest BCUT2D eigenvalue weighted by molar-refractivity contribution is 0.476. The molecule has 0 radical (unpaired) electrons. The average molecular weight is 199 g/mol. The molecule has 1 aromatic heterocycles. The fraction of sp³-hybridized carbons (Fsp3) is 0. The molecule has 0 bridgehead atoms. The number of aromatic hydroxyl groups is 1. The van der Waals surface area contributed by atoms with Gasteiger partial charge in [-0.2, -0.15) is 0 Å². The molecule has 2 aromatic carbocycles. The number of rotatable bonds is 0. The van der Waals surface area contributed by atoms with Gasteiger partial charge in [0.05, 0.1) is 5.69 Å². The van der Waals surface area contributed by atoms with Crippen molar-refractivity contribution in [3.8, 4) is 5.75 Å². The summed E-state index contributed by atoms with van der Waals surface area (Å²) in [4.78, 5) is 0. The first-order valence-corrected chi connectivity index (χ1v) is 4.65. The van der Waals surface area contributed by atoms with Crippen LogP contribution in [0, 0.1) is 0 Å². The van der Waals surface area contributed by atoms with Gasteiger partial charge in [-0.15, -0.1) is 0 Å². The molecular weight excluding hydrogens is 190 g/mol. The number of phenols is 1. The monoisotopic (exact) mass is 199 g/mol. The van der Waals surface area contributed by atoms with Crippen LogP contribution in [0.2, 0.25) is 0 Å². The number of phenolic OH excluding ortho intramolecular Hbond substituents is 1. The van der Waals surface area contributed by atoms with Crippen LogP contribution in [0.4, 0.5) is 5.69 Å². The summed E-state index contributed by atoms with van der Waals surface area (Å²) in [6, 6.07) is 10.8. The van der Waals surface area contributed by atoms with Crippen molar-refractivity contribution in [1.29, 1.82) is 0 Å². The number of nitrogens with two attached hydrogens (primary N) is 1. The second kappa shape index (κ2) is 2.67. The molecule has 3 nitrogen and oxygen atoms in total. The highest BCUT2D eigenvalue weighted by Crippen LogP contribution is 2.34. The topological polar surface area (TPSA) is 59.4 Å². The lowest BCUT2D eigenvalue weighted by atomic mass is 10.1. The van der Waals surface area contributed by atoms with Crippen molar-refractivity contribution in [3.63, 3.8) is 0 Å². The molecule has 0 amide bonds. The summed E-state index contributed by atoms with van der Waals surface area (Å²) in [5.74, 6) is 0.159. The maximum atomic E-state index is 9.47. The summed E-state index contributed by atoms with van der Waals surface area (Å²) in [7, 11) is 0. The van der Waals surface area contributed by atoms with Crippen molar-refractivity contribution in [2.75, 3.05) is 5.73 Å². The molecule has 0 spiro atoms. The molecule has 0 unspecified atom stereocenters. The summed E-state index contributed by atoms with van der Waals surface area (Å²) in [6.07, 6.45) is 0. The van der Waals surface area contributed by atoms with E-state index in [9.17, 15) is 5.11 Å². The van der Waals surface area contributed by atoms with Crippen LogP contribution in [-0.4, -0.2) is 5.11 Å². The number of furan rings is 1. The fourth-order valence-corrected chi connectivity index (χ4v) is 1.84. The Labute approximate surface area is 85.7 Å². The third-order valence-corrected chi connectivity index (χ3v) is 2.49. The van der Waals surface area contributed by atoms with Crippen molar-refractivity contribution in [3.05, 3.63) is 36.4 Å². The predicted molar refractivity (Wildman–Crippen MR) is 59.8 cm³/mol. The summed E-state index contributed by atoms with van der Waals surface area (Å²) in [5.41, 5.74) is 7.64. The van der Waals surface area contributed by atoms with Crippen molar-refractivity contribution in [2.24, 2.45) is 0 Å². The Bertz CT molecular complexity index is 655. The van der Waals surface area contributed by atoms with Gasteiger partial charge in [-0.05, 0) is 12.1 Å². The van der Waals surface area contributed by atoms with E-state index in [-0.39, 0.29) is 5.75 Å². The number of hydrogen-bond acceptors (Lipinski definition) is 3. The molecule has 1 heterocycles. The van der Waals surface area contributed by atoms with Gasteiger partial charge in [0.25, 0.3) is 0 Å². The van der Waals surface area contributed by atoms with Gasteiger partial charge in [0.15, 0.2) is 5.58 Å². The highest BCUT2D eigenvalue weighted by molar-refractivity contribution is 6.09. The molecule has 0 aliphatic heterocycles. The first-order valence-electron chi connectivity index (χ1n) is 4.65. The van der Waals surface area contributed by atoms with Gasteiger partial charge in [0, 0.05) is 16.8 Å². The van der Waals surface area contributed by atoms with E-state index < -0.39 is 0 Å². The van der Waals surface area contributed by atoms with Gasteiger partial charge < -0.3 is 15.3 Å². The van der Waals surface area contributed by atoms with Gasteiger partial charge >= 0.3 is 0 Å². The second-order valence-electron chi connectivity index (χ2n) is 3.51. The third-order valence-electron chi connectivity index (χ3n) is 2.49. The molecule has 0 atom stereocenters. The third kappa shape index (κ3) is 1.06. The Morgan fingerprint density at radius 2 is 1.87 bits per heavy atom. The zero-order valence-corrected chi connectivity index (χ0v) is 7.90. The van der Waals surface area contributed by atoms with Gasteiger partial charge in [0.1, 0.15) is 11.3 Å². The molecule has 74 valence electrons. The Morgan fingerprint density at radius 1 is 1.07 bits per heavy atom. The predicted octanol–water partition coefficient (Wildman–Crippen LogP) is 2.87. The number of anilines is 1. The minimum absolute atomic E-state index is 0.159. The van der Waals surface area contributed by atoms with Crippen molar-refractivity contribution < 1.29 is 9.52 Å². The minimum atomic E-state index is 0.159. The van der Waals surface area contributed by atoms with E-state index in [4.69, 9.17) is 10.2 Å². The van der Waals surface area contributed by atoms with Gasteiger partial charge in [0.2, 0.25) is 0 Å². The molecule has 0 saturated heterocycles. The van der Waals surface area contributed by atoms with Crippen LogP contribution >= 0.6 is 0 Å². The molecule has 0 aliphatic carbocycles. The highest BCUT2D eigenvalue weighted by atomic mass is 16.3. The number of para-hydroxylation sites is 1. The molecule has 3 aromatic rings. The van der Waals surface area contributed by atoms with Crippen LogP contribution in [0.15, 0.2) is 40.8 Å². The smallest absolute Gasteiger partial charge is 0.158 e. The standard InChI is InChI=1S/C12H9NO2/c13-10-6-7(14)5-9-8-3-1-2-4-11(8)15-12(9)10/h1-6,14H,13H2. The van der Waals surface area contributed by atoms with E-state index in [1.165, 1.54) is 6.07 Å². The Hall–Kier alpha value is -2.16. The van der Waals surface area contributed by atoms with Crippen molar-refractivity contribution >= 4 is 27.6 Å². The quantitative estimate of drug-likeness (QED) is 0.547. The summed E-state index contributed by atoms with van der Waals surface area (Å²) < 4.78 is 5.60. The molecule has 15 heavy (non-hydrogen) atoms. The first kappa shape index (κ1) is 8.17. The summed E-state index contributed by atoms with van der Waals surface area (Å²) in [6.45, 7) is 0. The normalized spacial score (nSPS) is 11.2. The molecule has 0 fully saturated rings. The molecule has 3 rings (SSSR count). The van der Waals surface area contributed by atoms with Crippen LogP contribution in [0.1, 0.15) is 0 Å². The van der Waals surface area contributed by atoms with E-state index in [0.29, 0.717) is 11.3 Å². The Morgan fingerprint density at radius 3 is 2.73 bits per heavy atom. The number of fused-ring (bicyclic) bond motifs is 3. The fourth-order valence-electron chi connectivity index (χ4n) is 1.84. The van der Waals surface area contributed by atoms with Crippen molar-refractivity contribution in [2.45, 2.75) is 0 Å². The molecule has 3 heteroatoms. The minimum Gasteiger partial charge on any atom is -0.508 e. The van der Waals surface area contributed by atoms with E-state index in [1.54, 1.807) is 6.07 Å². The zero-order chi connectivity index (χ0) is 10.4. The Kier molecular flexibility index (Phi) is 1.45. The average Bonchev–Trinajstić information content (AvgIpc) is 2.57. The zero-order valence-electron chi connectivity index (χ0n) is 7.90. The summed E-state index contributed by atoms with van der Waals surface area (Å²) >= 11 is 0. The molecule has 0 aliphatic rings. The lowest BCUT2D eigenvalue weighted by Gasteiger charge is -1.96. The first-order chi connectivity index (χ1) is 7.25. The maximum absolute atomic E-state index is 9.47. The SMILES string of the molecule is Nc1cc(O)cc2c1oc1ccccc12. The molecular formula is C12H9NO2. The van der Waals surface area contributed by atoms with E-state index in [2.05, 4.69) is 0 Å². The van der Waals surface area contributed by atoms with Crippen LogP contribution in [-0.2, 0) is 0 Å². The second-order valence-corrected chi connectivity index (χ2v) is 3.51.